The minimum atomic E-state index is -3.63. The van der Waals surface area contributed by atoms with Crippen molar-refractivity contribution in [3.8, 4) is 0 Å². The van der Waals surface area contributed by atoms with Crippen LogP contribution in [0.3, 0.4) is 0 Å². The summed E-state index contributed by atoms with van der Waals surface area (Å²) >= 11 is 0. The number of piperazine rings is 1. The summed E-state index contributed by atoms with van der Waals surface area (Å²) < 4.78 is 39.3. The van der Waals surface area contributed by atoms with Crippen LogP contribution in [0.1, 0.15) is 27.2 Å². The summed E-state index contributed by atoms with van der Waals surface area (Å²) in [6.45, 7) is 7.29. The fourth-order valence-electron chi connectivity index (χ4n) is 2.50. The van der Waals surface area contributed by atoms with E-state index in [0.717, 1.165) is 12.1 Å². The molecule has 5 nitrogen and oxygen atoms in total. The number of hydrogen-bond acceptors (Lipinski definition) is 3. The highest BCUT2D eigenvalue weighted by molar-refractivity contribution is 7.89. The van der Waals surface area contributed by atoms with E-state index in [1.54, 1.807) is 4.90 Å². The topological polar surface area (TPSA) is 57.7 Å². The monoisotopic (exact) mass is 342 g/mol. The molecule has 0 spiro atoms. The van der Waals surface area contributed by atoms with Crippen LogP contribution in [0, 0.1) is 11.2 Å². The molecule has 1 aliphatic rings. The van der Waals surface area contributed by atoms with Crippen LogP contribution in [0.15, 0.2) is 29.2 Å². The SMILES string of the molecule is CC(C)(C)CC(=O)N1CCN(S(=O)(=O)c2ccc(F)cc2)CC1. The lowest BCUT2D eigenvalue weighted by Gasteiger charge is -2.35. The summed E-state index contributed by atoms with van der Waals surface area (Å²) in [7, 11) is -3.63. The molecule has 0 unspecified atom stereocenters. The van der Waals surface area contributed by atoms with E-state index in [-0.39, 0.29) is 29.3 Å². The largest absolute Gasteiger partial charge is 0.340 e. The molecule has 0 atom stereocenters. The van der Waals surface area contributed by atoms with Gasteiger partial charge in [-0.1, -0.05) is 20.8 Å². The molecule has 1 aliphatic heterocycles. The molecule has 1 amide bonds. The molecule has 1 aromatic rings. The van der Waals surface area contributed by atoms with Gasteiger partial charge < -0.3 is 4.90 Å². The number of hydrogen-bond donors (Lipinski definition) is 0. The van der Waals surface area contributed by atoms with Gasteiger partial charge >= 0.3 is 0 Å². The molecule has 0 bridgehead atoms. The molecule has 1 heterocycles. The molecular weight excluding hydrogens is 319 g/mol. The molecule has 0 aromatic heterocycles. The van der Waals surface area contributed by atoms with Gasteiger partial charge in [-0.15, -0.1) is 0 Å². The van der Waals surface area contributed by atoms with Crippen LogP contribution in [-0.2, 0) is 14.8 Å². The summed E-state index contributed by atoms with van der Waals surface area (Å²) in [5, 5.41) is 0. The zero-order chi connectivity index (χ0) is 17.3. The van der Waals surface area contributed by atoms with Gasteiger partial charge in [0, 0.05) is 32.6 Å². The maximum Gasteiger partial charge on any atom is 0.243 e. The standard InChI is InChI=1S/C16H23FN2O3S/c1-16(2,3)12-15(20)18-8-10-19(11-9-18)23(21,22)14-6-4-13(17)5-7-14/h4-7H,8-12H2,1-3H3. The molecule has 0 N–H and O–H groups in total. The van der Waals surface area contributed by atoms with Gasteiger partial charge in [-0.25, -0.2) is 12.8 Å². The number of amides is 1. The molecule has 1 fully saturated rings. The molecule has 2 rings (SSSR count). The first kappa shape index (κ1) is 17.9. The first-order valence-corrected chi connectivity index (χ1v) is 9.07. The Kier molecular flexibility index (Phi) is 5.10. The Morgan fingerprint density at radius 1 is 1.09 bits per heavy atom. The molecule has 1 saturated heterocycles. The summed E-state index contributed by atoms with van der Waals surface area (Å²) in [5.41, 5.74) is -0.0889. The Hall–Kier alpha value is -1.47. The fraction of sp³-hybridized carbons (Fsp3) is 0.562. The van der Waals surface area contributed by atoms with Crippen molar-refractivity contribution in [2.45, 2.75) is 32.1 Å². The van der Waals surface area contributed by atoms with Gasteiger partial charge in [0.25, 0.3) is 0 Å². The third-order valence-corrected chi connectivity index (χ3v) is 5.64. The Morgan fingerprint density at radius 3 is 2.09 bits per heavy atom. The van der Waals surface area contributed by atoms with E-state index >= 15 is 0 Å². The van der Waals surface area contributed by atoms with Crippen LogP contribution in [-0.4, -0.2) is 49.7 Å². The smallest absolute Gasteiger partial charge is 0.243 e. The van der Waals surface area contributed by atoms with Gasteiger partial charge in [-0.2, -0.15) is 4.31 Å². The van der Waals surface area contributed by atoms with Gasteiger partial charge in [-0.05, 0) is 29.7 Å². The fourth-order valence-corrected chi connectivity index (χ4v) is 3.92. The van der Waals surface area contributed by atoms with Crippen molar-refractivity contribution in [2.24, 2.45) is 5.41 Å². The predicted octanol–water partition coefficient (Wildman–Crippen LogP) is 2.09. The summed E-state index contributed by atoms with van der Waals surface area (Å²) in [5.74, 6) is -0.419. The number of nitrogens with zero attached hydrogens (tertiary/aromatic N) is 2. The molecule has 128 valence electrons. The number of carbonyl (C=O) groups excluding carboxylic acids is 1. The zero-order valence-corrected chi connectivity index (χ0v) is 14.6. The summed E-state index contributed by atoms with van der Waals surface area (Å²) in [6.07, 6.45) is 0.442. The lowest BCUT2D eigenvalue weighted by molar-refractivity contribution is -0.134. The van der Waals surface area contributed by atoms with Crippen LogP contribution in [0.5, 0.6) is 0 Å². The Labute approximate surface area is 137 Å². The van der Waals surface area contributed by atoms with Gasteiger partial charge in [0.15, 0.2) is 0 Å². The number of carbonyl (C=O) groups is 1. The second kappa shape index (κ2) is 6.57. The summed E-state index contributed by atoms with van der Waals surface area (Å²) in [6, 6.07) is 4.80. The Bertz CT molecular complexity index is 658. The molecule has 0 saturated carbocycles. The quantitative estimate of drug-likeness (QED) is 0.845. The normalized spacial score (nSPS) is 17.3. The van der Waals surface area contributed by atoms with Crippen molar-refractivity contribution in [3.63, 3.8) is 0 Å². The first-order valence-electron chi connectivity index (χ1n) is 7.63. The minimum absolute atomic E-state index is 0.0522. The third-order valence-electron chi connectivity index (χ3n) is 3.72. The van der Waals surface area contributed by atoms with E-state index in [1.165, 1.54) is 16.4 Å². The number of benzene rings is 1. The van der Waals surface area contributed by atoms with Gasteiger partial charge in [-0.3, -0.25) is 4.79 Å². The second-order valence-corrected chi connectivity index (χ2v) is 8.91. The van der Waals surface area contributed by atoms with Crippen LogP contribution < -0.4 is 0 Å². The third kappa shape index (κ3) is 4.51. The van der Waals surface area contributed by atoms with E-state index in [2.05, 4.69) is 0 Å². The van der Waals surface area contributed by atoms with Crippen molar-refractivity contribution < 1.29 is 17.6 Å². The van der Waals surface area contributed by atoms with E-state index < -0.39 is 15.8 Å². The van der Waals surface area contributed by atoms with Gasteiger partial charge in [0.1, 0.15) is 5.82 Å². The summed E-state index contributed by atoms with van der Waals surface area (Å²) in [4.78, 5) is 14.0. The lowest BCUT2D eigenvalue weighted by atomic mass is 9.91. The molecule has 7 heteroatoms. The highest BCUT2D eigenvalue weighted by Crippen LogP contribution is 2.22. The predicted molar refractivity (Wildman–Crippen MR) is 85.8 cm³/mol. The molecule has 0 aliphatic carbocycles. The molecule has 1 aromatic carbocycles. The first-order chi connectivity index (χ1) is 10.6. The average molecular weight is 342 g/mol. The Balaban J connectivity index is 2.01. The van der Waals surface area contributed by atoms with Crippen molar-refractivity contribution in [3.05, 3.63) is 30.1 Å². The number of halogens is 1. The van der Waals surface area contributed by atoms with Crippen molar-refractivity contribution in [1.82, 2.24) is 9.21 Å². The second-order valence-electron chi connectivity index (χ2n) is 6.98. The highest BCUT2D eigenvalue weighted by atomic mass is 32.2. The van der Waals surface area contributed by atoms with Crippen LogP contribution >= 0.6 is 0 Å². The van der Waals surface area contributed by atoms with E-state index in [9.17, 15) is 17.6 Å². The minimum Gasteiger partial charge on any atom is -0.340 e. The average Bonchev–Trinajstić information content (AvgIpc) is 2.46. The van der Waals surface area contributed by atoms with E-state index in [1.807, 2.05) is 20.8 Å². The van der Waals surface area contributed by atoms with Crippen molar-refractivity contribution in [1.29, 1.82) is 0 Å². The van der Waals surface area contributed by atoms with Crippen molar-refractivity contribution >= 4 is 15.9 Å². The Morgan fingerprint density at radius 2 is 1.61 bits per heavy atom. The lowest BCUT2D eigenvalue weighted by Crippen LogP contribution is -2.50. The van der Waals surface area contributed by atoms with E-state index in [4.69, 9.17) is 0 Å². The van der Waals surface area contributed by atoms with Crippen LogP contribution in [0.25, 0.3) is 0 Å². The molecule has 23 heavy (non-hydrogen) atoms. The van der Waals surface area contributed by atoms with Gasteiger partial charge in [0.2, 0.25) is 15.9 Å². The zero-order valence-electron chi connectivity index (χ0n) is 13.8. The molecular formula is C16H23FN2O3S. The number of sulfonamides is 1. The van der Waals surface area contributed by atoms with Gasteiger partial charge in [0.05, 0.1) is 4.90 Å². The van der Waals surface area contributed by atoms with E-state index in [0.29, 0.717) is 19.5 Å². The van der Waals surface area contributed by atoms with Crippen molar-refractivity contribution in [2.75, 3.05) is 26.2 Å². The maximum atomic E-state index is 12.9. The maximum absolute atomic E-state index is 12.9. The van der Waals surface area contributed by atoms with Crippen LogP contribution in [0.2, 0.25) is 0 Å². The number of rotatable bonds is 3. The van der Waals surface area contributed by atoms with Crippen LogP contribution in [0.4, 0.5) is 4.39 Å². The highest BCUT2D eigenvalue weighted by Gasteiger charge is 2.31. The molecule has 0 radical (unpaired) electrons.